The lowest BCUT2D eigenvalue weighted by Gasteiger charge is -2.33. The summed E-state index contributed by atoms with van der Waals surface area (Å²) < 4.78 is 10.4. The van der Waals surface area contributed by atoms with E-state index in [9.17, 15) is 0 Å². The topological polar surface area (TPSA) is 74.9 Å². The van der Waals surface area contributed by atoms with Crippen LogP contribution in [0.25, 0.3) is 0 Å². The Morgan fingerprint density at radius 3 is 2.84 bits per heavy atom. The number of aryl methyl sites for hydroxylation is 1. The van der Waals surface area contributed by atoms with Gasteiger partial charge in [0, 0.05) is 52.0 Å². The van der Waals surface area contributed by atoms with Crippen LogP contribution in [0.5, 0.6) is 0 Å². The molecule has 142 valence electrons. The molecule has 0 bridgehead atoms. The molecule has 1 saturated heterocycles. The van der Waals surface area contributed by atoms with E-state index in [1.165, 1.54) is 0 Å². The summed E-state index contributed by atoms with van der Waals surface area (Å²) in [7, 11) is 1.76. The first kappa shape index (κ1) is 19.7. The minimum Gasteiger partial charge on any atom is -0.385 e. The van der Waals surface area contributed by atoms with E-state index >= 15 is 0 Å². The van der Waals surface area contributed by atoms with Crippen molar-refractivity contribution in [3.8, 4) is 0 Å². The van der Waals surface area contributed by atoms with Crippen LogP contribution in [0.1, 0.15) is 44.6 Å². The fraction of sp³-hybridized carbons (Fsp3) is 0.778. The van der Waals surface area contributed by atoms with Gasteiger partial charge in [-0.05, 0) is 32.6 Å². The van der Waals surface area contributed by atoms with Crippen LogP contribution in [0.4, 0.5) is 0 Å². The Balaban J connectivity index is 1.78. The highest BCUT2D eigenvalue weighted by molar-refractivity contribution is 5.80. The van der Waals surface area contributed by atoms with Gasteiger partial charge in [-0.25, -0.2) is 4.99 Å². The number of ether oxygens (including phenoxy) is 1. The van der Waals surface area contributed by atoms with Crippen molar-refractivity contribution in [2.24, 2.45) is 4.99 Å². The summed E-state index contributed by atoms with van der Waals surface area (Å²) in [5, 5.41) is 10.9. The van der Waals surface area contributed by atoms with Crippen molar-refractivity contribution in [1.82, 2.24) is 20.7 Å². The van der Waals surface area contributed by atoms with E-state index in [4.69, 9.17) is 9.26 Å². The van der Waals surface area contributed by atoms with Crippen molar-refractivity contribution < 1.29 is 9.26 Å². The Morgan fingerprint density at radius 1 is 1.40 bits per heavy atom. The SMILES string of the molecule is CCNC(=NCc1cc(CC)no1)NC1CCN(CCCOC)CC1. The van der Waals surface area contributed by atoms with Crippen LogP contribution >= 0.6 is 0 Å². The molecular formula is C18H33N5O2. The van der Waals surface area contributed by atoms with Gasteiger partial charge in [-0.15, -0.1) is 0 Å². The van der Waals surface area contributed by atoms with E-state index < -0.39 is 0 Å². The van der Waals surface area contributed by atoms with E-state index in [0.29, 0.717) is 12.6 Å². The lowest BCUT2D eigenvalue weighted by Crippen LogP contribution is -2.48. The average Bonchev–Trinajstić information content (AvgIpc) is 3.10. The molecule has 1 aliphatic rings. The summed E-state index contributed by atoms with van der Waals surface area (Å²) in [4.78, 5) is 7.15. The van der Waals surface area contributed by atoms with E-state index in [1.54, 1.807) is 7.11 Å². The molecule has 0 unspecified atom stereocenters. The maximum absolute atomic E-state index is 5.31. The number of methoxy groups -OCH3 is 1. The van der Waals surface area contributed by atoms with E-state index in [0.717, 1.165) is 75.9 Å². The fourth-order valence-corrected chi connectivity index (χ4v) is 3.00. The number of aromatic nitrogens is 1. The molecule has 2 N–H and O–H groups in total. The zero-order valence-electron chi connectivity index (χ0n) is 15.9. The second-order valence-electron chi connectivity index (χ2n) is 6.44. The van der Waals surface area contributed by atoms with Gasteiger partial charge < -0.3 is 24.8 Å². The summed E-state index contributed by atoms with van der Waals surface area (Å²) in [5.41, 5.74) is 0.976. The third kappa shape index (κ3) is 7.04. The number of hydrogen-bond donors (Lipinski definition) is 2. The maximum Gasteiger partial charge on any atom is 0.191 e. The monoisotopic (exact) mass is 351 g/mol. The molecule has 0 saturated carbocycles. The summed E-state index contributed by atoms with van der Waals surface area (Å²) in [5.74, 6) is 1.66. The zero-order chi connectivity index (χ0) is 17.9. The highest BCUT2D eigenvalue weighted by atomic mass is 16.5. The molecule has 0 amide bonds. The molecule has 1 aromatic rings. The van der Waals surface area contributed by atoms with Gasteiger partial charge in [0.1, 0.15) is 6.54 Å². The summed E-state index contributed by atoms with van der Waals surface area (Å²) in [6, 6.07) is 2.45. The van der Waals surface area contributed by atoms with E-state index in [2.05, 4.69) is 39.5 Å². The van der Waals surface area contributed by atoms with E-state index in [-0.39, 0.29) is 0 Å². The standard InChI is InChI=1S/C18H33N5O2/c1-4-15-13-17(25-22-15)14-20-18(19-5-2)21-16-7-10-23(11-8-16)9-6-12-24-3/h13,16H,4-12,14H2,1-3H3,(H2,19,20,21). The second-order valence-corrected chi connectivity index (χ2v) is 6.44. The number of piperidine rings is 1. The molecule has 0 aliphatic carbocycles. The third-order valence-corrected chi connectivity index (χ3v) is 4.46. The molecule has 7 nitrogen and oxygen atoms in total. The van der Waals surface area contributed by atoms with Crippen LogP contribution in [0, 0.1) is 0 Å². The lowest BCUT2D eigenvalue weighted by atomic mass is 10.1. The lowest BCUT2D eigenvalue weighted by molar-refractivity contribution is 0.155. The number of hydrogen-bond acceptors (Lipinski definition) is 5. The Hall–Kier alpha value is -1.60. The number of nitrogens with zero attached hydrogens (tertiary/aromatic N) is 3. The van der Waals surface area contributed by atoms with Crippen LogP contribution < -0.4 is 10.6 Å². The van der Waals surface area contributed by atoms with Crippen molar-refractivity contribution >= 4 is 5.96 Å². The minimum absolute atomic E-state index is 0.470. The van der Waals surface area contributed by atoms with Gasteiger partial charge in [0.15, 0.2) is 11.7 Å². The molecule has 0 aromatic carbocycles. The normalized spacial score (nSPS) is 17.0. The van der Waals surface area contributed by atoms with Gasteiger partial charge in [0.2, 0.25) is 0 Å². The fourth-order valence-electron chi connectivity index (χ4n) is 3.00. The van der Waals surface area contributed by atoms with Crippen LogP contribution in [0.3, 0.4) is 0 Å². The molecular weight excluding hydrogens is 318 g/mol. The molecule has 2 rings (SSSR count). The van der Waals surface area contributed by atoms with Crippen LogP contribution in [0.15, 0.2) is 15.6 Å². The van der Waals surface area contributed by atoms with Gasteiger partial charge >= 0.3 is 0 Å². The number of rotatable bonds is 9. The first-order valence-corrected chi connectivity index (χ1v) is 9.45. The van der Waals surface area contributed by atoms with Crippen LogP contribution in [-0.4, -0.2) is 62.0 Å². The molecule has 2 heterocycles. The number of aliphatic imine (C=N–C) groups is 1. The maximum atomic E-state index is 5.31. The minimum atomic E-state index is 0.470. The molecule has 0 radical (unpaired) electrons. The summed E-state index contributed by atoms with van der Waals surface area (Å²) >= 11 is 0. The number of guanidine groups is 1. The van der Waals surface area contributed by atoms with Crippen LogP contribution in [0.2, 0.25) is 0 Å². The molecule has 25 heavy (non-hydrogen) atoms. The van der Waals surface area contributed by atoms with Gasteiger partial charge in [0.05, 0.1) is 5.69 Å². The van der Waals surface area contributed by atoms with Gasteiger partial charge in [0.25, 0.3) is 0 Å². The number of likely N-dealkylation sites (tertiary alicyclic amines) is 1. The predicted molar refractivity (Wildman–Crippen MR) is 99.8 cm³/mol. The first-order valence-electron chi connectivity index (χ1n) is 9.45. The molecule has 7 heteroatoms. The molecule has 1 aliphatic heterocycles. The predicted octanol–water partition coefficient (Wildman–Crippen LogP) is 1.79. The van der Waals surface area contributed by atoms with Gasteiger partial charge in [-0.1, -0.05) is 12.1 Å². The first-order chi connectivity index (χ1) is 12.2. The van der Waals surface area contributed by atoms with Gasteiger partial charge in [-0.2, -0.15) is 0 Å². The van der Waals surface area contributed by atoms with Crippen molar-refractivity contribution in [2.75, 3.05) is 39.9 Å². The van der Waals surface area contributed by atoms with Crippen molar-refractivity contribution in [3.63, 3.8) is 0 Å². The highest BCUT2D eigenvalue weighted by Crippen LogP contribution is 2.11. The molecule has 0 atom stereocenters. The molecule has 1 fully saturated rings. The smallest absolute Gasteiger partial charge is 0.191 e. The second kappa shape index (κ2) is 11.1. The van der Waals surface area contributed by atoms with Crippen LogP contribution in [-0.2, 0) is 17.7 Å². The van der Waals surface area contributed by atoms with Gasteiger partial charge in [-0.3, -0.25) is 0 Å². The highest BCUT2D eigenvalue weighted by Gasteiger charge is 2.19. The van der Waals surface area contributed by atoms with Crippen molar-refractivity contribution in [2.45, 2.75) is 52.1 Å². The zero-order valence-corrected chi connectivity index (χ0v) is 15.9. The quantitative estimate of drug-likeness (QED) is 0.401. The van der Waals surface area contributed by atoms with Crippen molar-refractivity contribution in [1.29, 1.82) is 0 Å². The Bertz CT molecular complexity index is 509. The molecule has 1 aromatic heterocycles. The summed E-state index contributed by atoms with van der Waals surface area (Å²) in [6.45, 7) is 9.73. The Kier molecular flexibility index (Phi) is 8.76. The largest absolute Gasteiger partial charge is 0.385 e. The third-order valence-electron chi connectivity index (χ3n) is 4.46. The summed E-state index contributed by atoms with van der Waals surface area (Å²) in [6.07, 6.45) is 4.27. The Labute approximate surface area is 151 Å². The van der Waals surface area contributed by atoms with Crippen molar-refractivity contribution in [3.05, 3.63) is 17.5 Å². The Morgan fingerprint density at radius 2 is 2.20 bits per heavy atom. The average molecular weight is 351 g/mol. The number of nitrogens with one attached hydrogen (secondary N) is 2. The van der Waals surface area contributed by atoms with E-state index in [1.807, 2.05) is 6.07 Å². The molecule has 0 spiro atoms.